The number of hydrogen-bond donors (Lipinski definition) is 2. The predicted molar refractivity (Wildman–Crippen MR) is 102 cm³/mol. The van der Waals surface area contributed by atoms with Crippen molar-refractivity contribution in [2.24, 2.45) is 0 Å². The molecule has 0 atom stereocenters. The molecule has 2 N–H and O–H groups in total. The number of methoxy groups -OCH3 is 1. The fourth-order valence-electron chi connectivity index (χ4n) is 2.50. The summed E-state index contributed by atoms with van der Waals surface area (Å²) in [5.74, 6) is 0.603. The highest BCUT2D eigenvalue weighted by Gasteiger charge is 2.14. The molecule has 0 aliphatic rings. The number of furan rings is 1. The summed E-state index contributed by atoms with van der Waals surface area (Å²) in [6.45, 7) is 2.15. The number of carbonyl (C=O) groups excluding carboxylic acids is 2. The number of hydrogen-bond acceptors (Lipinski definition) is 4. The van der Waals surface area contributed by atoms with Crippen molar-refractivity contribution in [3.05, 3.63) is 83.3 Å². The first-order valence-electron chi connectivity index (χ1n) is 8.45. The van der Waals surface area contributed by atoms with Gasteiger partial charge in [0.2, 0.25) is 0 Å². The molecule has 0 spiro atoms. The maximum absolute atomic E-state index is 12.3. The Morgan fingerprint density at radius 3 is 2.44 bits per heavy atom. The Balaban J connectivity index is 1.60. The average Bonchev–Trinajstić information content (AvgIpc) is 3.16. The molecule has 0 saturated carbocycles. The van der Waals surface area contributed by atoms with Crippen LogP contribution in [-0.2, 0) is 6.54 Å². The lowest BCUT2D eigenvalue weighted by atomic mass is 10.1. The Bertz CT molecular complexity index is 945. The number of benzene rings is 2. The third kappa shape index (κ3) is 4.55. The van der Waals surface area contributed by atoms with E-state index in [1.165, 1.54) is 7.11 Å². The van der Waals surface area contributed by atoms with Gasteiger partial charge in [0.1, 0.15) is 11.5 Å². The quantitative estimate of drug-likeness (QED) is 0.697. The normalized spacial score (nSPS) is 10.3. The van der Waals surface area contributed by atoms with Crippen LogP contribution in [0, 0.1) is 6.92 Å². The molecule has 0 radical (unpaired) electrons. The molecule has 0 fully saturated rings. The first kappa shape index (κ1) is 18.3. The third-order valence-electron chi connectivity index (χ3n) is 3.98. The summed E-state index contributed by atoms with van der Waals surface area (Å²) < 4.78 is 10.7. The Morgan fingerprint density at radius 1 is 0.963 bits per heavy atom. The fourth-order valence-corrected chi connectivity index (χ4v) is 2.50. The van der Waals surface area contributed by atoms with Crippen LogP contribution in [0.5, 0.6) is 5.75 Å². The minimum atomic E-state index is -0.393. The Hall–Kier alpha value is -3.54. The lowest BCUT2D eigenvalue weighted by Gasteiger charge is -2.08. The first-order chi connectivity index (χ1) is 13.1. The minimum absolute atomic E-state index is 0.153. The molecule has 0 unspecified atom stereocenters. The highest BCUT2D eigenvalue weighted by molar-refractivity contribution is 6.03. The minimum Gasteiger partial charge on any atom is -0.495 e. The number of para-hydroxylation sites is 2. The van der Waals surface area contributed by atoms with Crippen molar-refractivity contribution in [1.29, 1.82) is 0 Å². The maximum atomic E-state index is 12.3. The van der Waals surface area contributed by atoms with Crippen molar-refractivity contribution in [1.82, 2.24) is 5.32 Å². The van der Waals surface area contributed by atoms with Gasteiger partial charge in [-0.25, -0.2) is 0 Å². The number of amides is 2. The lowest BCUT2D eigenvalue weighted by Crippen LogP contribution is -2.22. The smallest absolute Gasteiger partial charge is 0.291 e. The van der Waals surface area contributed by atoms with Gasteiger partial charge < -0.3 is 19.8 Å². The number of carbonyl (C=O) groups is 2. The van der Waals surface area contributed by atoms with Crippen LogP contribution in [0.2, 0.25) is 0 Å². The maximum Gasteiger partial charge on any atom is 0.291 e. The molecule has 3 aromatic rings. The van der Waals surface area contributed by atoms with E-state index >= 15 is 0 Å². The monoisotopic (exact) mass is 364 g/mol. The van der Waals surface area contributed by atoms with Gasteiger partial charge in [0.15, 0.2) is 5.76 Å². The van der Waals surface area contributed by atoms with E-state index in [1.807, 2.05) is 25.1 Å². The molecule has 2 aromatic carbocycles. The standard InChI is InChI=1S/C21H20N2O4/c1-14-7-9-15(10-8-14)20(24)22-13-16-11-12-19(27-16)21(25)23-17-5-3-4-6-18(17)26-2/h3-12H,13H2,1-2H3,(H,22,24)(H,23,25). The van der Waals surface area contributed by atoms with Crippen LogP contribution in [-0.4, -0.2) is 18.9 Å². The zero-order valence-electron chi connectivity index (χ0n) is 15.1. The van der Waals surface area contributed by atoms with Gasteiger partial charge in [0.05, 0.1) is 19.3 Å². The second kappa shape index (κ2) is 8.23. The lowest BCUT2D eigenvalue weighted by molar-refractivity contribution is 0.0948. The Kier molecular flexibility index (Phi) is 5.56. The molecule has 1 heterocycles. The van der Waals surface area contributed by atoms with E-state index in [0.717, 1.165) is 5.56 Å². The van der Waals surface area contributed by atoms with Crippen LogP contribution in [0.15, 0.2) is 65.1 Å². The van der Waals surface area contributed by atoms with E-state index in [9.17, 15) is 9.59 Å². The molecular formula is C21H20N2O4. The van der Waals surface area contributed by atoms with Crippen LogP contribution < -0.4 is 15.4 Å². The van der Waals surface area contributed by atoms with Gasteiger partial charge >= 0.3 is 0 Å². The molecule has 6 nitrogen and oxygen atoms in total. The number of ether oxygens (including phenoxy) is 1. The van der Waals surface area contributed by atoms with Gasteiger partial charge in [-0.1, -0.05) is 29.8 Å². The van der Waals surface area contributed by atoms with E-state index in [-0.39, 0.29) is 18.2 Å². The second-order valence-corrected chi connectivity index (χ2v) is 5.97. The molecular weight excluding hydrogens is 344 g/mol. The zero-order valence-corrected chi connectivity index (χ0v) is 15.1. The number of aryl methyl sites for hydroxylation is 1. The van der Waals surface area contributed by atoms with Crippen LogP contribution in [0.3, 0.4) is 0 Å². The van der Waals surface area contributed by atoms with Crippen molar-refractivity contribution in [3.8, 4) is 5.75 Å². The van der Waals surface area contributed by atoms with E-state index < -0.39 is 5.91 Å². The summed E-state index contributed by atoms with van der Waals surface area (Å²) >= 11 is 0. The third-order valence-corrected chi connectivity index (χ3v) is 3.98. The van der Waals surface area contributed by atoms with Crippen molar-refractivity contribution >= 4 is 17.5 Å². The van der Waals surface area contributed by atoms with Crippen LogP contribution in [0.4, 0.5) is 5.69 Å². The van der Waals surface area contributed by atoms with Crippen LogP contribution >= 0.6 is 0 Å². The van der Waals surface area contributed by atoms with Crippen molar-refractivity contribution in [2.75, 3.05) is 12.4 Å². The fraction of sp³-hybridized carbons (Fsp3) is 0.143. The molecule has 27 heavy (non-hydrogen) atoms. The van der Waals surface area contributed by atoms with E-state index in [4.69, 9.17) is 9.15 Å². The molecule has 2 amide bonds. The van der Waals surface area contributed by atoms with Gasteiger partial charge in [-0.15, -0.1) is 0 Å². The largest absolute Gasteiger partial charge is 0.495 e. The zero-order chi connectivity index (χ0) is 19.2. The summed E-state index contributed by atoms with van der Waals surface area (Å²) in [5.41, 5.74) is 2.21. The first-order valence-corrected chi connectivity index (χ1v) is 8.45. The second-order valence-electron chi connectivity index (χ2n) is 5.97. The molecule has 0 saturated heterocycles. The highest BCUT2D eigenvalue weighted by atomic mass is 16.5. The van der Waals surface area contributed by atoms with Gasteiger partial charge in [-0.05, 0) is 43.3 Å². The van der Waals surface area contributed by atoms with Crippen molar-refractivity contribution < 1.29 is 18.7 Å². The van der Waals surface area contributed by atoms with Gasteiger partial charge in [0.25, 0.3) is 11.8 Å². The molecule has 6 heteroatoms. The molecule has 0 aliphatic carbocycles. The number of rotatable bonds is 6. The van der Waals surface area contributed by atoms with E-state index in [1.54, 1.807) is 42.5 Å². The molecule has 3 rings (SSSR count). The Labute approximate surface area is 157 Å². The van der Waals surface area contributed by atoms with Gasteiger partial charge in [-0.2, -0.15) is 0 Å². The summed E-state index contributed by atoms with van der Waals surface area (Å²) in [6, 6.07) is 17.6. The van der Waals surface area contributed by atoms with Crippen molar-refractivity contribution in [2.45, 2.75) is 13.5 Å². The Morgan fingerprint density at radius 2 is 1.70 bits per heavy atom. The van der Waals surface area contributed by atoms with Crippen molar-refractivity contribution in [3.63, 3.8) is 0 Å². The summed E-state index contributed by atoms with van der Waals surface area (Å²) in [4.78, 5) is 24.5. The van der Waals surface area contributed by atoms with Crippen LogP contribution in [0.25, 0.3) is 0 Å². The molecule has 1 aromatic heterocycles. The van der Waals surface area contributed by atoms with Crippen LogP contribution in [0.1, 0.15) is 32.2 Å². The summed E-state index contributed by atoms with van der Waals surface area (Å²) in [5, 5.41) is 5.51. The summed E-state index contributed by atoms with van der Waals surface area (Å²) in [7, 11) is 1.53. The SMILES string of the molecule is COc1ccccc1NC(=O)c1ccc(CNC(=O)c2ccc(C)cc2)o1. The molecule has 0 aliphatic heterocycles. The number of anilines is 1. The van der Waals surface area contributed by atoms with Gasteiger partial charge in [0, 0.05) is 5.56 Å². The molecule has 138 valence electrons. The van der Waals surface area contributed by atoms with Gasteiger partial charge in [-0.3, -0.25) is 9.59 Å². The molecule has 0 bridgehead atoms. The van der Waals surface area contributed by atoms with E-state index in [2.05, 4.69) is 10.6 Å². The van der Waals surface area contributed by atoms with E-state index in [0.29, 0.717) is 22.8 Å². The topological polar surface area (TPSA) is 80.6 Å². The predicted octanol–water partition coefficient (Wildman–Crippen LogP) is 3.78. The average molecular weight is 364 g/mol. The number of nitrogens with one attached hydrogen (secondary N) is 2. The highest BCUT2D eigenvalue weighted by Crippen LogP contribution is 2.24. The summed E-state index contributed by atoms with van der Waals surface area (Å²) in [6.07, 6.45) is 0.